The van der Waals surface area contributed by atoms with E-state index in [0.717, 1.165) is 47.5 Å². The van der Waals surface area contributed by atoms with Crippen LogP contribution in [-0.4, -0.2) is 30.7 Å². The number of amides is 1. The van der Waals surface area contributed by atoms with Crippen LogP contribution in [0.5, 0.6) is 0 Å². The van der Waals surface area contributed by atoms with E-state index < -0.39 is 10.0 Å². The Morgan fingerprint density at radius 1 is 1.11 bits per heavy atom. The maximum Gasteiger partial charge on any atom is 0.240 e. The van der Waals surface area contributed by atoms with Crippen molar-refractivity contribution in [1.82, 2.24) is 14.5 Å². The molecule has 0 saturated carbocycles. The Balaban J connectivity index is 1.44. The molecule has 1 amide bonds. The highest BCUT2D eigenvalue weighted by atomic mass is 32.2. The standard InChI is InChI=1S/C19H22N4O3S/c1-22-17(15-3-2-4-16(15)21-22)11-20-27(25,26)14-9-12-5-6-18(24)23-8-7-13(10-14)19(12)23/h9-10,20H,2-8,11H2,1H3. The average molecular weight is 386 g/mol. The van der Waals surface area contributed by atoms with Crippen LogP contribution in [0.15, 0.2) is 17.0 Å². The van der Waals surface area contributed by atoms with Crippen LogP contribution in [-0.2, 0) is 54.1 Å². The summed E-state index contributed by atoms with van der Waals surface area (Å²) in [6.45, 7) is 0.900. The quantitative estimate of drug-likeness (QED) is 0.856. The van der Waals surface area contributed by atoms with E-state index in [0.29, 0.717) is 30.7 Å². The Kier molecular flexibility index (Phi) is 3.70. The Labute approximate surface area is 158 Å². The number of carbonyl (C=O) groups is 1. The van der Waals surface area contributed by atoms with Gasteiger partial charge in [0.2, 0.25) is 15.9 Å². The van der Waals surface area contributed by atoms with Gasteiger partial charge in [0.05, 0.1) is 28.5 Å². The SMILES string of the molecule is Cn1nc2c(c1CNS(=O)(=O)c1cc3c4c(c1)CCN4C(=O)CC3)CCC2. The summed E-state index contributed by atoms with van der Waals surface area (Å²) in [5.74, 6) is 0.139. The number of aryl methyl sites for hydroxylation is 3. The van der Waals surface area contributed by atoms with E-state index in [1.54, 1.807) is 21.7 Å². The molecule has 1 aliphatic carbocycles. The molecule has 3 heterocycles. The molecular weight excluding hydrogens is 364 g/mol. The molecule has 0 bridgehead atoms. The van der Waals surface area contributed by atoms with E-state index >= 15 is 0 Å². The highest BCUT2D eigenvalue weighted by molar-refractivity contribution is 7.89. The highest BCUT2D eigenvalue weighted by Crippen LogP contribution is 2.38. The molecule has 5 rings (SSSR count). The van der Waals surface area contributed by atoms with Gasteiger partial charge < -0.3 is 4.90 Å². The lowest BCUT2D eigenvalue weighted by Crippen LogP contribution is -2.33. The molecule has 0 saturated heterocycles. The maximum atomic E-state index is 12.9. The first-order valence-corrected chi connectivity index (χ1v) is 10.9. The fourth-order valence-corrected chi connectivity index (χ4v) is 5.72. The molecule has 0 fully saturated rings. The molecule has 7 nitrogen and oxygen atoms in total. The summed E-state index contributed by atoms with van der Waals surface area (Å²) in [7, 11) is -1.76. The number of anilines is 1. The van der Waals surface area contributed by atoms with Crippen molar-refractivity contribution in [2.24, 2.45) is 7.05 Å². The van der Waals surface area contributed by atoms with Crippen LogP contribution < -0.4 is 9.62 Å². The van der Waals surface area contributed by atoms with E-state index in [1.807, 2.05) is 7.05 Å². The Bertz CT molecular complexity index is 1070. The van der Waals surface area contributed by atoms with Gasteiger partial charge >= 0.3 is 0 Å². The number of hydrogen-bond acceptors (Lipinski definition) is 4. The van der Waals surface area contributed by atoms with Crippen molar-refractivity contribution in [1.29, 1.82) is 0 Å². The molecule has 8 heteroatoms. The van der Waals surface area contributed by atoms with Gasteiger partial charge in [-0.15, -0.1) is 0 Å². The van der Waals surface area contributed by atoms with E-state index in [9.17, 15) is 13.2 Å². The Hall–Kier alpha value is -2.19. The fraction of sp³-hybridized carbons (Fsp3) is 0.474. The number of benzene rings is 1. The van der Waals surface area contributed by atoms with Crippen LogP contribution in [0.1, 0.15) is 40.9 Å². The monoisotopic (exact) mass is 386 g/mol. The summed E-state index contributed by atoms with van der Waals surface area (Å²) >= 11 is 0. The summed E-state index contributed by atoms with van der Waals surface area (Å²) in [5, 5.41) is 4.51. The Morgan fingerprint density at radius 3 is 2.70 bits per heavy atom. The third kappa shape index (κ3) is 2.62. The minimum Gasteiger partial charge on any atom is -0.312 e. The molecule has 1 aromatic carbocycles. The van der Waals surface area contributed by atoms with Gasteiger partial charge in [0.25, 0.3) is 0 Å². The summed E-state index contributed by atoms with van der Waals surface area (Å²) in [5.41, 5.74) is 6.10. The lowest BCUT2D eigenvalue weighted by molar-refractivity contribution is -0.118. The van der Waals surface area contributed by atoms with Gasteiger partial charge in [-0.05, 0) is 60.9 Å². The zero-order valence-electron chi connectivity index (χ0n) is 15.3. The highest BCUT2D eigenvalue weighted by Gasteiger charge is 2.33. The predicted octanol–water partition coefficient (Wildman–Crippen LogP) is 1.22. The Morgan fingerprint density at radius 2 is 1.89 bits per heavy atom. The van der Waals surface area contributed by atoms with Crippen molar-refractivity contribution in [3.8, 4) is 0 Å². The first-order valence-electron chi connectivity index (χ1n) is 9.43. The molecule has 2 aromatic rings. The molecule has 142 valence electrons. The van der Waals surface area contributed by atoms with Crippen LogP contribution in [0, 0.1) is 0 Å². The molecule has 3 aliphatic rings. The largest absolute Gasteiger partial charge is 0.312 e. The topological polar surface area (TPSA) is 84.3 Å². The van der Waals surface area contributed by atoms with Gasteiger partial charge in [-0.1, -0.05) is 0 Å². The normalized spacial score (nSPS) is 18.1. The van der Waals surface area contributed by atoms with Crippen molar-refractivity contribution in [2.75, 3.05) is 11.4 Å². The van der Waals surface area contributed by atoms with Crippen molar-refractivity contribution < 1.29 is 13.2 Å². The molecule has 27 heavy (non-hydrogen) atoms. The van der Waals surface area contributed by atoms with Crippen molar-refractivity contribution in [3.05, 3.63) is 40.2 Å². The second kappa shape index (κ2) is 5.90. The van der Waals surface area contributed by atoms with Gasteiger partial charge in [0, 0.05) is 20.0 Å². The van der Waals surface area contributed by atoms with Gasteiger partial charge in [0.15, 0.2) is 0 Å². The summed E-state index contributed by atoms with van der Waals surface area (Å²) in [6, 6.07) is 3.47. The summed E-state index contributed by atoms with van der Waals surface area (Å²) in [6.07, 6.45) is 4.79. The van der Waals surface area contributed by atoms with Crippen molar-refractivity contribution in [2.45, 2.75) is 50.0 Å². The first kappa shape index (κ1) is 16.9. The minimum absolute atomic E-state index is 0.139. The van der Waals surface area contributed by atoms with Gasteiger partial charge in [-0.25, -0.2) is 13.1 Å². The smallest absolute Gasteiger partial charge is 0.240 e. The zero-order valence-corrected chi connectivity index (χ0v) is 16.1. The van der Waals surface area contributed by atoms with Crippen LogP contribution in [0.25, 0.3) is 0 Å². The number of nitrogens with zero attached hydrogens (tertiary/aromatic N) is 3. The minimum atomic E-state index is -3.63. The van der Waals surface area contributed by atoms with E-state index in [4.69, 9.17) is 0 Å². The molecule has 1 aromatic heterocycles. The number of fused-ring (bicyclic) bond motifs is 1. The molecule has 0 spiro atoms. The van der Waals surface area contributed by atoms with E-state index in [-0.39, 0.29) is 12.5 Å². The zero-order chi connectivity index (χ0) is 18.8. The second-order valence-corrected chi connectivity index (χ2v) is 9.33. The molecule has 1 N–H and O–H groups in total. The van der Waals surface area contributed by atoms with Crippen LogP contribution in [0.4, 0.5) is 5.69 Å². The summed E-state index contributed by atoms with van der Waals surface area (Å²) in [4.78, 5) is 14.1. The molecule has 0 unspecified atom stereocenters. The number of nitrogens with one attached hydrogen (secondary N) is 1. The van der Waals surface area contributed by atoms with Crippen LogP contribution in [0.3, 0.4) is 0 Å². The van der Waals surface area contributed by atoms with Crippen molar-refractivity contribution in [3.63, 3.8) is 0 Å². The lowest BCUT2D eigenvalue weighted by atomic mass is 10.00. The van der Waals surface area contributed by atoms with E-state index in [2.05, 4.69) is 9.82 Å². The molecular formula is C19H22N4O3S. The third-order valence-corrected chi connectivity index (χ3v) is 7.34. The lowest BCUT2D eigenvalue weighted by Gasteiger charge is -2.25. The maximum absolute atomic E-state index is 12.9. The van der Waals surface area contributed by atoms with E-state index in [1.165, 1.54) is 5.56 Å². The number of hydrogen-bond donors (Lipinski definition) is 1. The number of rotatable bonds is 4. The molecule has 0 radical (unpaired) electrons. The van der Waals surface area contributed by atoms with Gasteiger partial charge in [0.1, 0.15) is 0 Å². The summed E-state index contributed by atoms with van der Waals surface area (Å²) < 4.78 is 30.5. The molecule has 2 aliphatic heterocycles. The number of carbonyl (C=O) groups excluding carboxylic acids is 1. The third-order valence-electron chi connectivity index (χ3n) is 5.96. The van der Waals surface area contributed by atoms with Gasteiger partial charge in [-0.3, -0.25) is 9.48 Å². The second-order valence-electron chi connectivity index (χ2n) is 7.56. The van der Waals surface area contributed by atoms with Gasteiger partial charge in [-0.2, -0.15) is 5.10 Å². The van der Waals surface area contributed by atoms with Crippen LogP contribution in [0.2, 0.25) is 0 Å². The number of aromatic nitrogens is 2. The van der Waals surface area contributed by atoms with Crippen LogP contribution >= 0.6 is 0 Å². The molecule has 0 atom stereocenters. The first-order chi connectivity index (χ1) is 12.9. The predicted molar refractivity (Wildman–Crippen MR) is 100 cm³/mol. The van der Waals surface area contributed by atoms with Crippen molar-refractivity contribution >= 4 is 21.6 Å². The fourth-order valence-electron chi connectivity index (χ4n) is 4.63. The number of sulfonamides is 1. The average Bonchev–Trinajstić information content (AvgIpc) is 3.32.